The standard InChI is InChI=1S/2C13H14BrN2O2.Fe/c2*14-11-9-16(13(18)15-12(11)17)8-4-3-7-10-5-1-2-6-10;/h2*1-2,5-6,9H,3-4,7-8H2,(H,15,17,18);/q;;+2. The molecule has 37 heavy (non-hydrogen) atoms. The molecule has 0 aliphatic heterocycles. The number of aromatic amines is 2. The number of aromatic nitrogens is 4. The molecule has 2 aliphatic rings. The molecule has 0 saturated heterocycles. The van der Waals surface area contributed by atoms with Gasteiger partial charge in [-0.3, -0.25) is 28.7 Å². The van der Waals surface area contributed by atoms with Crippen LogP contribution in [0.2, 0.25) is 0 Å². The van der Waals surface area contributed by atoms with E-state index in [1.165, 1.54) is 21.0 Å². The Morgan fingerprint density at radius 1 is 0.595 bits per heavy atom. The van der Waals surface area contributed by atoms with Gasteiger partial charge in [0, 0.05) is 25.5 Å². The van der Waals surface area contributed by atoms with Crippen LogP contribution >= 0.6 is 31.9 Å². The Bertz CT molecular complexity index is 1100. The molecule has 0 atom stereocenters. The van der Waals surface area contributed by atoms with Crippen molar-refractivity contribution in [2.24, 2.45) is 0 Å². The van der Waals surface area contributed by atoms with Crippen molar-refractivity contribution in [2.75, 3.05) is 0 Å². The fourth-order valence-electron chi connectivity index (χ4n) is 3.68. The molecule has 2 aromatic heterocycles. The summed E-state index contributed by atoms with van der Waals surface area (Å²) in [6, 6.07) is 0. The van der Waals surface area contributed by atoms with Crippen molar-refractivity contribution in [2.45, 2.75) is 51.6 Å². The van der Waals surface area contributed by atoms with E-state index >= 15 is 0 Å². The third kappa shape index (κ3) is 10.9. The van der Waals surface area contributed by atoms with Crippen LogP contribution in [-0.2, 0) is 30.2 Å². The van der Waals surface area contributed by atoms with Crippen LogP contribution in [-0.4, -0.2) is 19.1 Å². The molecule has 2 fully saturated rings. The number of hydrogen-bond acceptors (Lipinski definition) is 4. The molecule has 0 bridgehead atoms. The van der Waals surface area contributed by atoms with Gasteiger partial charge in [0.15, 0.2) is 0 Å². The first-order chi connectivity index (χ1) is 17.3. The van der Waals surface area contributed by atoms with E-state index < -0.39 is 0 Å². The van der Waals surface area contributed by atoms with Gasteiger partial charge >= 0.3 is 28.4 Å². The Kier molecular flexibility index (Phi) is 14.5. The number of rotatable bonds is 10. The summed E-state index contributed by atoms with van der Waals surface area (Å²) in [6.07, 6.45) is 25.5. The topological polar surface area (TPSA) is 110 Å². The summed E-state index contributed by atoms with van der Waals surface area (Å²) in [5.74, 6) is 2.65. The van der Waals surface area contributed by atoms with Gasteiger partial charge in [-0.1, -0.05) is 12.8 Å². The summed E-state index contributed by atoms with van der Waals surface area (Å²) in [4.78, 5) is 49.9. The van der Waals surface area contributed by atoms with Crippen LogP contribution in [0, 0.1) is 63.2 Å². The Hall–Kier alpha value is -1.16. The van der Waals surface area contributed by atoms with Crippen molar-refractivity contribution in [3.8, 4) is 0 Å². The molecule has 2 aromatic rings. The molecule has 11 heteroatoms. The van der Waals surface area contributed by atoms with Gasteiger partial charge in [-0.15, -0.1) is 0 Å². The average Bonchev–Trinajstić information content (AvgIpc) is 3.56. The first kappa shape index (κ1) is 32.1. The molecule has 0 aromatic carbocycles. The normalized spacial score (nSPS) is 15.8. The minimum absolute atomic E-state index is 0. The van der Waals surface area contributed by atoms with Crippen LogP contribution in [0.25, 0.3) is 0 Å². The van der Waals surface area contributed by atoms with E-state index in [9.17, 15) is 19.2 Å². The van der Waals surface area contributed by atoms with Gasteiger partial charge in [-0.25, -0.2) is 9.59 Å². The number of nitrogens with one attached hydrogen (secondary N) is 2. The Balaban J connectivity index is 0.000000253. The van der Waals surface area contributed by atoms with Crippen LogP contribution < -0.4 is 22.5 Å². The smallest absolute Gasteiger partial charge is 0.299 e. The second kappa shape index (κ2) is 16.7. The molecule has 0 spiro atoms. The molecule has 4 rings (SSSR count). The zero-order valence-corrected chi connectivity index (χ0v) is 24.3. The number of halogens is 2. The maximum Gasteiger partial charge on any atom is 2.00 e. The fraction of sp³-hybridized carbons (Fsp3) is 0.308. The van der Waals surface area contributed by atoms with E-state index in [1.807, 2.05) is 25.7 Å². The van der Waals surface area contributed by atoms with Gasteiger partial charge in [0.1, 0.15) is 0 Å². The van der Waals surface area contributed by atoms with Gasteiger partial charge in [0.05, 0.1) is 8.95 Å². The predicted molar refractivity (Wildman–Crippen MR) is 147 cm³/mol. The van der Waals surface area contributed by atoms with Crippen molar-refractivity contribution in [1.82, 2.24) is 19.1 Å². The van der Waals surface area contributed by atoms with Crippen molar-refractivity contribution in [1.29, 1.82) is 0 Å². The second-order valence-electron chi connectivity index (χ2n) is 8.36. The van der Waals surface area contributed by atoms with Crippen LogP contribution in [0.5, 0.6) is 0 Å². The van der Waals surface area contributed by atoms with Crippen molar-refractivity contribution < 1.29 is 17.1 Å². The molecule has 10 radical (unpaired) electrons. The SMILES string of the molecule is O=c1[nH]c(=O)n(CCCC[C]2[CH][CH][CH][CH]2)cc1Br.O=c1[nH]c(=O)n(CCCC[C]2[CH][CH][CH][CH]2)cc1Br.[Fe+2]. The minimum atomic E-state index is -0.381. The van der Waals surface area contributed by atoms with Crippen LogP contribution in [0.15, 0.2) is 40.5 Å². The zero-order chi connectivity index (χ0) is 25.9. The first-order valence-corrected chi connectivity index (χ1v) is 13.3. The Morgan fingerprint density at radius 2 is 0.946 bits per heavy atom. The van der Waals surface area contributed by atoms with Crippen molar-refractivity contribution >= 4 is 31.9 Å². The van der Waals surface area contributed by atoms with E-state index in [0.29, 0.717) is 22.0 Å². The molecular formula is C26H28Br2FeN4O4+2. The molecule has 2 heterocycles. The van der Waals surface area contributed by atoms with Crippen molar-refractivity contribution in [3.63, 3.8) is 0 Å². The molecule has 8 nitrogen and oxygen atoms in total. The fourth-order valence-corrected chi connectivity index (χ4v) is 4.37. The molecular weight excluding hydrogens is 648 g/mol. The third-order valence-electron chi connectivity index (χ3n) is 5.63. The van der Waals surface area contributed by atoms with E-state index in [1.54, 1.807) is 12.4 Å². The number of nitrogens with zero attached hydrogens (tertiary/aromatic N) is 2. The van der Waals surface area contributed by atoms with E-state index in [4.69, 9.17) is 0 Å². The molecule has 2 saturated carbocycles. The van der Waals surface area contributed by atoms with Gasteiger partial charge in [-0.05, 0) is 121 Å². The van der Waals surface area contributed by atoms with Gasteiger partial charge in [0.2, 0.25) is 0 Å². The minimum Gasteiger partial charge on any atom is -0.299 e. The quantitative estimate of drug-likeness (QED) is 0.296. The average molecular weight is 676 g/mol. The summed E-state index contributed by atoms with van der Waals surface area (Å²) >= 11 is 6.23. The Morgan fingerprint density at radius 3 is 1.30 bits per heavy atom. The maximum atomic E-state index is 11.5. The molecule has 2 aliphatic carbocycles. The summed E-state index contributed by atoms with van der Waals surface area (Å²) in [5, 5.41) is 0. The summed E-state index contributed by atoms with van der Waals surface area (Å²) in [7, 11) is 0. The summed E-state index contributed by atoms with van der Waals surface area (Å²) in [5.41, 5.74) is -1.46. The van der Waals surface area contributed by atoms with Gasteiger partial charge in [-0.2, -0.15) is 0 Å². The van der Waals surface area contributed by atoms with E-state index in [-0.39, 0.29) is 39.6 Å². The second-order valence-corrected chi connectivity index (χ2v) is 10.1. The van der Waals surface area contributed by atoms with E-state index in [0.717, 1.165) is 38.5 Å². The van der Waals surface area contributed by atoms with Crippen molar-refractivity contribution in [3.05, 3.63) is 126 Å². The predicted octanol–water partition coefficient (Wildman–Crippen LogP) is 3.75. The third-order valence-corrected chi connectivity index (χ3v) is 6.76. The van der Waals surface area contributed by atoms with Crippen LogP contribution in [0.3, 0.4) is 0 Å². The van der Waals surface area contributed by atoms with Gasteiger partial charge < -0.3 is 0 Å². The Labute approximate surface area is 244 Å². The first-order valence-electron chi connectivity index (χ1n) is 11.7. The zero-order valence-electron chi connectivity index (χ0n) is 20.1. The molecule has 0 amide bonds. The number of unbranched alkanes of at least 4 members (excludes halogenated alkanes) is 2. The largest absolute Gasteiger partial charge is 2.00 e. The molecule has 2 N–H and O–H groups in total. The summed E-state index contributed by atoms with van der Waals surface area (Å²) < 4.78 is 3.82. The number of H-pyrrole nitrogens is 2. The number of aryl methyl sites for hydroxylation is 2. The maximum absolute atomic E-state index is 11.5. The van der Waals surface area contributed by atoms with Crippen LogP contribution in [0.4, 0.5) is 0 Å². The van der Waals surface area contributed by atoms with Gasteiger partial charge in [0.25, 0.3) is 11.1 Å². The van der Waals surface area contributed by atoms with Crippen LogP contribution in [0.1, 0.15) is 38.5 Å². The molecule has 196 valence electrons. The van der Waals surface area contributed by atoms with E-state index in [2.05, 4.69) is 67.5 Å². The molecule has 0 unspecified atom stereocenters. The number of hydrogen-bond donors (Lipinski definition) is 2. The monoisotopic (exact) mass is 674 g/mol. The summed E-state index contributed by atoms with van der Waals surface area (Å²) in [6.45, 7) is 1.24.